The van der Waals surface area contributed by atoms with Gasteiger partial charge in [-0.25, -0.2) is 0 Å². The van der Waals surface area contributed by atoms with E-state index in [0.717, 1.165) is 18.0 Å². The standard InChI is InChI=1S/C9H14N2/c1-8(2)5-6-9-4-3-7-10-11-9/h3-4,7-8H,5-6H2,1-2H3. The Kier molecular flexibility index (Phi) is 3.02. The van der Waals surface area contributed by atoms with Gasteiger partial charge in [-0.1, -0.05) is 13.8 Å². The summed E-state index contributed by atoms with van der Waals surface area (Å²) in [6.45, 7) is 4.44. The monoisotopic (exact) mass is 150 g/mol. The lowest BCUT2D eigenvalue weighted by Gasteiger charge is -2.01. The SMILES string of the molecule is CC(C)CCc1cccnn1. The first-order valence-corrected chi connectivity index (χ1v) is 4.05. The van der Waals surface area contributed by atoms with Crippen LogP contribution in [0, 0.1) is 5.92 Å². The van der Waals surface area contributed by atoms with E-state index < -0.39 is 0 Å². The molecule has 0 aliphatic rings. The third-order valence-corrected chi connectivity index (χ3v) is 1.61. The van der Waals surface area contributed by atoms with Crippen LogP contribution in [0.3, 0.4) is 0 Å². The predicted molar refractivity (Wildman–Crippen MR) is 45.2 cm³/mol. The van der Waals surface area contributed by atoms with Crippen LogP contribution in [0.5, 0.6) is 0 Å². The zero-order valence-corrected chi connectivity index (χ0v) is 7.12. The van der Waals surface area contributed by atoms with E-state index in [1.165, 1.54) is 6.42 Å². The van der Waals surface area contributed by atoms with Crippen molar-refractivity contribution in [2.24, 2.45) is 5.92 Å². The summed E-state index contributed by atoms with van der Waals surface area (Å²) in [6, 6.07) is 3.96. The molecule has 0 bridgehead atoms. The molecule has 0 fully saturated rings. The Morgan fingerprint density at radius 3 is 2.82 bits per heavy atom. The van der Waals surface area contributed by atoms with Gasteiger partial charge < -0.3 is 0 Å². The van der Waals surface area contributed by atoms with Crippen molar-refractivity contribution in [3.05, 3.63) is 24.0 Å². The predicted octanol–water partition coefficient (Wildman–Crippen LogP) is 2.07. The molecule has 0 radical (unpaired) electrons. The fraction of sp³-hybridized carbons (Fsp3) is 0.556. The van der Waals surface area contributed by atoms with E-state index in [1.54, 1.807) is 6.20 Å². The molecule has 1 aromatic rings. The summed E-state index contributed by atoms with van der Waals surface area (Å²) in [5, 5.41) is 7.81. The maximum Gasteiger partial charge on any atom is 0.0631 e. The summed E-state index contributed by atoms with van der Waals surface area (Å²) >= 11 is 0. The van der Waals surface area contributed by atoms with Crippen LogP contribution in [-0.2, 0) is 6.42 Å². The van der Waals surface area contributed by atoms with Crippen molar-refractivity contribution in [3.63, 3.8) is 0 Å². The van der Waals surface area contributed by atoms with Gasteiger partial charge >= 0.3 is 0 Å². The summed E-state index contributed by atoms with van der Waals surface area (Å²) in [4.78, 5) is 0. The zero-order chi connectivity index (χ0) is 8.10. The highest BCUT2D eigenvalue weighted by Crippen LogP contribution is 2.04. The number of hydrogen-bond acceptors (Lipinski definition) is 2. The number of aromatic nitrogens is 2. The van der Waals surface area contributed by atoms with Crippen LogP contribution in [0.15, 0.2) is 18.3 Å². The van der Waals surface area contributed by atoms with Crippen LogP contribution < -0.4 is 0 Å². The number of aryl methyl sites for hydroxylation is 1. The third kappa shape index (κ3) is 3.12. The molecule has 60 valence electrons. The Bertz CT molecular complexity index is 194. The van der Waals surface area contributed by atoms with Gasteiger partial charge in [-0.2, -0.15) is 10.2 Å². The van der Waals surface area contributed by atoms with Crippen LogP contribution in [0.2, 0.25) is 0 Å². The smallest absolute Gasteiger partial charge is 0.0631 e. The minimum Gasteiger partial charge on any atom is -0.159 e. The second-order valence-electron chi connectivity index (χ2n) is 3.15. The van der Waals surface area contributed by atoms with E-state index in [9.17, 15) is 0 Å². The lowest BCUT2D eigenvalue weighted by atomic mass is 10.1. The molecule has 2 heteroatoms. The van der Waals surface area contributed by atoms with Crippen molar-refractivity contribution in [1.29, 1.82) is 0 Å². The Hall–Kier alpha value is -0.920. The number of nitrogens with zero attached hydrogens (tertiary/aromatic N) is 2. The number of rotatable bonds is 3. The van der Waals surface area contributed by atoms with Gasteiger partial charge in [-0.15, -0.1) is 0 Å². The van der Waals surface area contributed by atoms with E-state index in [1.807, 2.05) is 12.1 Å². The maximum atomic E-state index is 4.00. The van der Waals surface area contributed by atoms with E-state index in [-0.39, 0.29) is 0 Å². The van der Waals surface area contributed by atoms with Crippen molar-refractivity contribution in [3.8, 4) is 0 Å². The minimum atomic E-state index is 0.747. The summed E-state index contributed by atoms with van der Waals surface area (Å²) in [6.07, 6.45) is 3.95. The largest absolute Gasteiger partial charge is 0.159 e. The van der Waals surface area contributed by atoms with Gasteiger partial charge in [-0.3, -0.25) is 0 Å². The van der Waals surface area contributed by atoms with Gasteiger partial charge in [0, 0.05) is 6.20 Å². The molecule has 0 spiro atoms. The molecule has 0 atom stereocenters. The quantitative estimate of drug-likeness (QED) is 0.659. The minimum absolute atomic E-state index is 0.747. The highest BCUT2D eigenvalue weighted by molar-refractivity contribution is 4.98. The van der Waals surface area contributed by atoms with Crippen molar-refractivity contribution in [2.75, 3.05) is 0 Å². The fourth-order valence-electron chi connectivity index (χ4n) is 0.903. The summed E-state index contributed by atoms with van der Waals surface area (Å²) in [5.41, 5.74) is 1.10. The number of hydrogen-bond donors (Lipinski definition) is 0. The van der Waals surface area contributed by atoms with E-state index in [4.69, 9.17) is 0 Å². The van der Waals surface area contributed by atoms with E-state index >= 15 is 0 Å². The Balaban J connectivity index is 2.39. The molecule has 0 aliphatic heterocycles. The van der Waals surface area contributed by atoms with E-state index in [0.29, 0.717) is 0 Å². The topological polar surface area (TPSA) is 25.8 Å². The van der Waals surface area contributed by atoms with Gasteiger partial charge in [0.1, 0.15) is 0 Å². The Labute approximate surface area is 67.7 Å². The van der Waals surface area contributed by atoms with Gasteiger partial charge in [0.25, 0.3) is 0 Å². The highest BCUT2D eigenvalue weighted by Gasteiger charge is 1.96. The average molecular weight is 150 g/mol. The van der Waals surface area contributed by atoms with Gasteiger partial charge in [0.15, 0.2) is 0 Å². The summed E-state index contributed by atoms with van der Waals surface area (Å²) < 4.78 is 0. The van der Waals surface area contributed by atoms with Crippen molar-refractivity contribution in [2.45, 2.75) is 26.7 Å². The van der Waals surface area contributed by atoms with Crippen LogP contribution in [-0.4, -0.2) is 10.2 Å². The lowest BCUT2D eigenvalue weighted by Crippen LogP contribution is -1.95. The van der Waals surface area contributed by atoms with Crippen LogP contribution >= 0.6 is 0 Å². The first kappa shape index (κ1) is 8.18. The van der Waals surface area contributed by atoms with Gasteiger partial charge in [0.05, 0.1) is 5.69 Å². The summed E-state index contributed by atoms with van der Waals surface area (Å²) in [7, 11) is 0. The molecule has 11 heavy (non-hydrogen) atoms. The average Bonchev–Trinajstić information content (AvgIpc) is 2.03. The molecule has 2 nitrogen and oxygen atoms in total. The van der Waals surface area contributed by atoms with Crippen LogP contribution in [0.1, 0.15) is 26.0 Å². The first-order valence-electron chi connectivity index (χ1n) is 4.05. The molecule has 0 unspecified atom stereocenters. The fourth-order valence-corrected chi connectivity index (χ4v) is 0.903. The molecule has 0 saturated carbocycles. The molecular weight excluding hydrogens is 136 g/mol. The molecule has 1 aromatic heterocycles. The van der Waals surface area contributed by atoms with E-state index in [2.05, 4.69) is 24.0 Å². The third-order valence-electron chi connectivity index (χ3n) is 1.61. The molecule has 0 aromatic carbocycles. The molecule has 0 N–H and O–H groups in total. The van der Waals surface area contributed by atoms with Gasteiger partial charge in [-0.05, 0) is 30.9 Å². The Morgan fingerprint density at radius 2 is 2.27 bits per heavy atom. The maximum absolute atomic E-state index is 4.00. The first-order chi connectivity index (χ1) is 5.29. The molecular formula is C9H14N2. The highest BCUT2D eigenvalue weighted by atomic mass is 15.1. The molecule has 0 amide bonds. The molecule has 1 heterocycles. The molecule has 0 saturated heterocycles. The molecule has 1 rings (SSSR count). The second-order valence-corrected chi connectivity index (χ2v) is 3.15. The van der Waals surface area contributed by atoms with Crippen molar-refractivity contribution >= 4 is 0 Å². The molecule has 0 aliphatic carbocycles. The zero-order valence-electron chi connectivity index (χ0n) is 7.12. The summed E-state index contributed by atoms with van der Waals surface area (Å²) in [5.74, 6) is 0.747. The lowest BCUT2D eigenvalue weighted by molar-refractivity contribution is 0.578. The van der Waals surface area contributed by atoms with Crippen LogP contribution in [0.4, 0.5) is 0 Å². The van der Waals surface area contributed by atoms with Gasteiger partial charge in [0.2, 0.25) is 0 Å². The normalized spacial score (nSPS) is 10.5. The Morgan fingerprint density at radius 1 is 1.45 bits per heavy atom. The van der Waals surface area contributed by atoms with Crippen molar-refractivity contribution in [1.82, 2.24) is 10.2 Å². The van der Waals surface area contributed by atoms with Crippen LogP contribution in [0.25, 0.3) is 0 Å². The van der Waals surface area contributed by atoms with Crippen molar-refractivity contribution < 1.29 is 0 Å². The second kappa shape index (κ2) is 4.06.